The Morgan fingerprint density at radius 1 is 1.38 bits per heavy atom. The van der Waals surface area contributed by atoms with Gasteiger partial charge in [-0.2, -0.15) is 9.61 Å². The maximum absolute atomic E-state index is 5.73. The lowest BCUT2D eigenvalue weighted by atomic mass is 10.3. The van der Waals surface area contributed by atoms with Gasteiger partial charge in [0.15, 0.2) is 5.82 Å². The van der Waals surface area contributed by atoms with Crippen LogP contribution in [0.5, 0.6) is 0 Å². The van der Waals surface area contributed by atoms with Crippen LogP contribution in [0.4, 0.5) is 0 Å². The lowest BCUT2D eigenvalue weighted by molar-refractivity contribution is 0.934. The van der Waals surface area contributed by atoms with Gasteiger partial charge in [-0.3, -0.25) is 4.98 Å². The summed E-state index contributed by atoms with van der Waals surface area (Å²) in [5.41, 5.74) is 0.890. The van der Waals surface area contributed by atoms with Gasteiger partial charge < -0.3 is 0 Å². The quantitative estimate of drug-likeness (QED) is 0.654. The topological polar surface area (TPSA) is 56.0 Å². The molecule has 0 radical (unpaired) electrons. The predicted octanol–water partition coefficient (Wildman–Crippen LogP) is 1.99. The Morgan fingerprint density at radius 3 is 3.06 bits per heavy atom. The lowest BCUT2D eigenvalue weighted by Crippen LogP contribution is -1.91. The summed E-state index contributed by atoms with van der Waals surface area (Å²) in [6.45, 7) is 0. The molecule has 0 aliphatic rings. The van der Waals surface area contributed by atoms with Crippen molar-refractivity contribution in [1.29, 1.82) is 0 Å². The molecule has 0 spiro atoms. The average molecular weight is 252 g/mol. The number of halogens is 1. The van der Waals surface area contributed by atoms with E-state index in [1.165, 1.54) is 11.3 Å². The molecule has 0 atom stereocenters. The van der Waals surface area contributed by atoms with E-state index in [9.17, 15) is 0 Å². The highest BCUT2D eigenvalue weighted by atomic mass is 35.5. The number of alkyl halides is 1. The third-order valence-electron chi connectivity index (χ3n) is 2.07. The van der Waals surface area contributed by atoms with Crippen LogP contribution in [0.25, 0.3) is 16.3 Å². The zero-order chi connectivity index (χ0) is 11.0. The molecule has 3 rings (SSSR count). The Bertz CT molecular complexity index is 617. The van der Waals surface area contributed by atoms with Crippen molar-refractivity contribution in [3.63, 3.8) is 0 Å². The molecular weight excluding hydrogens is 246 g/mol. The SMILES string of the molecule is ClCc1nn2c(-c3cccnc3)nnc2s1. The van der Waals surface area contributed by atoms with Crippen LogP contribution in [0, 0.1) is 0 Å². The fraction of sp³-hybridized carbons (Fsp3) is 0.111. The van der Waals surface area contributed by atoms with E-state index in [0.29, 0.717) is 11.7 Å². The number of aromatic nitrogens is 5. The lowest BCUT2D eigenvalue weighted by Gasteiger charge is -1.94. The van der Waals surface area contributed by atoms with Gasteiger partial charge in [-0.1, -0.05) is 11.3 Å². The van der Waals surface area contributed by atoms with Crippen LogP contribution < -0.4 is 0 Å². The second-order valence-corrected chi connectivity index (χ2v) is 4.40. The highest BCUT2D eigenvalue weighted by Crippen LogP contribution is 2.21. The minimum absolute atomic E-state index is 0.389. The van der Waals surface area contributed by atoms with Crippen molar-refractivity contribution in [2.24, 2.45) is 0 Å². The summed E-state index contributed by atoms with van der Waals surface area (Å²) in [6.07, 6.45) is 3.45. The number of pyridine rings is 1. The molecular formula is C9H6ClN5S. The van der Waals surface area contributed by atoms with E-state index in [2.05, 4.69) is 20.3 Å². The number of fused-ring (bicyclic) bond motifs is 1. The van der Waals surface area contributed by atoms with Crippen LogP contribution in [-0.2, 0) is 5.88 Å². The molecule has 0 aliphatic heterocycles. The Balaban J connectivity index is 2.20. The molecule has 0 N–H and O–H groups in total. The fourth-order valence-electron chi connectivity index (χ4n) is 1.39. The largest absolute Gasteiger partial charge is 0.264 e. The van der Waals surface area contributed by atoms with Crippen LogP contribution in [0.2, 0.25) is 0 Å². The number of rotatable bonds is 2. The molecule has 0 unspecified atom stereocenters. The van der Waals surface area contributed by atoms with Crippen LogP contribution in [-0.4, -0.2) is 24.8 Å². The summed E-state index contributed by atoms with van der Waals surface area (Å²) in [5, 5.41) is 13.3. The molecule has 0 aromatic carbocycles. The van der Waals surface area contributed by atoms with Gasteiger partial charge in [0.1, 0.15) is 5.01 Å². The van der Waals surface area contributed by atoms with E-state index >= 15 is 0 Å². The molecule has 80 valence electrons. The van der Waals surface area contributed by atoms with E-state index < -0.39 is 0 Å². The number of hydrogen-bond acceptors (Lipinski definition) is 5. The van der Waals surface area contributed by atoms with E-state index in [0.717, 1.165) is 15.5 Å². The molecule has 0 amide bonds. The smallest absolute Gasteiger partial charge is 0.235 e. The van der Waals surface area contributed by atoms with Gasteiger partial charge in [0.05, 0.1) is 5.88 Å². The average Bonchev–Trinajstić information content (AvgIpc) is 2.88. The van der Waals surface area contributed by atoms with Crippen molar-refractivity contribution >= 4 is 27.9 Å². The van der Waals surface area contributed by atoms with Crippen molar-refractivity contribution in [2.45, 2.75) is 5.88 Å². The molecule has 5 nitrogen and oxygen atoms in total. The molecule has 3 aromatic rings. The van der Waals surface area contributed by atoms with Gasteiger partial charge >= 0.3 is 0 Å². The molecule has 0 aliphatic carbocycles. The summed E-state index contributed by atoms with van der Waals surface area (Å²) < 4.78 is 1.69. The van der Waals surface area contributed by atoms with Gasteiger partial charge in [0.2, 0.25) is 4.96 Å². The van der Waals surface area contributed by atoms with Crippen molar-refractivity contribution < 1.29 is 0 Å². The fourth-order valence-corrected chi connectivity index (χ4v) is 2.29. The summed E-state index contributed by atoms with van der Waals surface area (Å²) in [4.78, 5) is 4.79. The Kier molecular flexibility index (Phi) is 2.30. The first-order valence-corrected chi connectivity index (χ1v) is 5.91. The first kappa shape index (κ1) is 9.68. The first-order valence-electron chi connectivity index (χ1n) is 4.56. The minimum Gasteiger partial charge on any atom is -0.264 e. The third-order valence-corrected chi connectivity index (χ3v) is 3.38. The molecule has 0 fully saturated rings. The highest BCUT2D eigenvalue weighted by Gasteiger charge is 2.12. The van der Waals surface area contributed by atoms with Crippen LogP contribution in [0.15, 0.2) is 24.5 Å². The van der Waals surface area contributed by atoms with Gasteiger partial charge in [0, 0.05) is 18.0 Å². The van der Waals surface area contributed by atoms with Crippen molar-refractivity contribution in [1.82, 2.24) is 24.8 Å². The zero-order valence-electron chi connectivity index (χ0n) is 8.04. The minimum atomic E-state index is 0.389. The molecule has 0 saturated heterocycles. The summed E-state index contributed by atoms with van der Waals surface area (Å²) in [7, 11) is 0. The maximum Gasteiger partial charge on any atom is 0.235 e. The Morgan fingerprint density at radius 2 is 2.31 bits per heavy atom. The van der Waals surface area contributed by atoms with Gasteiger partial charge in [-0.15, -0.1) is 21.8 Å². The normalized spacial score (nSPS) is 11.1. The van der Waals surface area contributed by atoms with Gasteiger partial charge in [-0.05, 0) is 12.1 Å². The van der Waals surface area contributed by atoms with Gasteiger partial charge in [-0.25, -0.2) is 0 Å². The zero-order valence-corrected chi connectivity index (χ0v) is 9.61. The summed E-state index contributed by atoms with van der Waals surface area (Å²) in [6, 6.07) is 3.77. The second-order valence-electron chi connectivity index (χ2n) is 3.09. The standard InChI is InChI=1S/C9H6ClN5S/c10-4-7-14-15-8(12-13-9(15)16-7)6-2-1-3-11-5-6/h1-3,5H,4H2. The number of hydrogen-bond donors (Lipinski definition) is 0. The molecule has 7 heteroatoms. The second kappa shape index (κ2) is 3.80. The Labute approximate surface area is 99.7 Å². The molecule has 0 bridgehead atoms. The van der Waals surface area contributed by atoms with E-state index in [1.807, 2.05) is 12.1 Å². The monoisotopic (exact) mass is 251 g/mol. The van der Waals surface area contributed by atoms with E-state index in [4.69, 9.17) is 11.6 Å². The van der Waals surface area contributed by atoms with Gasteiger partial charge in [0.25, 0.3) is 0 Å². The molecule has 0 saturated carbocycles. The number of nitrogens with zero attached hydrogens (tertiary/aromatic N) is 5. The van der Waals surface area contributed by atoms with Crippen molar-refractivity contribution in [3.8, 4) is 11.4 Å². The Hall–Kier alpha value is -1.53. The van der Waals surface area contributed by atoms with Crippen molar-refractivity contribution in [2.75, 3.05) is 0 Å². The highest BCUT2D eigenvalue weighted by molar-refractivity contribution is 7.16. The van der Waals surface area contributed by atoms with Crippen molar-refractivity contribution in [3.05, 3.63) is 29.5 Å². The third kappa shape index (κ3) is 1.46. The summed E-state index contributed by atoms with van der Waals surface area (Å²) >= 11 is 7.17. The van der Waals surface area contributed by atoms with Crippen LogP contribution in [0.1, 0.15) is 5.01 Å². The van der Waals surface area contributed by atoms with E-state index in [1.54, 1.807) is 16.9 Å². The van der Waals surface area contributed by atoms with E-state index in [-0.39, 0.29) is 0 Å². The summed E-state index contributed by atoms with van der Waals surface area (Å²) in [5.74, 6) is 1.08. The first-order chi connectivity index (χ1) is 7.88. The molecule has 3 heterocycles. The maximum atomic E-state index is 5.73. The molecule has 16 heavy (non-hydrogen) atoms. The van der Waals surface area contributed by atoms with Crippen LogP contribution in [0.3, 0.4) is 0 Å². The predicted molar refractivity (Wildman–Crippen MR) is 61.4 cm³/mol. The molecule has 3 aromatic heterocycles. The van der Waals surface area contributed by atoms with Crippen LogP contribution >= 0.6 is 22.9 Å².